The van der Waals surface area contributed by atoms with E-state index in [1.807, 2.05) is 0 Å². The van der Waals surface area contributed by atoms with Crippen molar-refractivity contribution in [2.45, 2.75) is 0 Å². The second-order valence-electron chi connectivity index (χ2n) is 3.10. The summed E-state index contributed by atoms with van der Waals surface area (Å²) in [6.45, 7) is 0.678. The average molecular weight is 273 g/mol. The average Bonchev–Trinajstić information content (AvgIpc) is 2.42. The highest BCUT2D eigenvalue weighted by Gasteiger charge is 2.06. The van der Waals surface area contributed by atoms with Crippen LogP contribution in [0.5, 0.6) is 0 Å². The third-order valence-corrected chi connectivity index (χ3v) is 1.94. The van der Waals surface area contributed by atoms with Crippen molar-refractivity contribution in [3.63, 3.8) is 0 Å². The maximum Gasteiger partial charge on any atom is 0.407 e. The van der Waals surface area contributed by atoms with Gasteiger partial charge in [-0.05, 0) is 0 Å². The molecule has 0 aliphatic rings. The second-order valence-corrected chi connectivity index (χ2v) is 3.48. The SMILES string of the molecule is O=C(NCCNC(=O)c1cnccn1)OCCCl. The number of alkyl carbamates (subject to hydrolysis) is 1. The Hall–Kier alpha value is -1.89. The number of hydrogen-bond donors (Lipinski definition) is 2. The van der Waals surface area contributed by atoms with Crippen molar-refractivity contribution >= 4 is 23.6 Å². The molecule has 0 saturated carbocycles. The molecule has 0 bridgehead atoms. The lowest BCUT2D eigenvalue weighted by Gasteiger charge is -2.06. The zero-order valence-electron chi connectivity index (χ0n) is 9.56. The Bertz CT molecular complexity index is 388. The number of rotatable bonds is 6. The topological polar surface area (TPSA) is 93.2 Å². The van der Waals surface area contributed by atoms with E-state index in [9.17, 15) is 9.59 Å². The van der Waals surface area contributed by atoms with Gasteiger partial charge in [0.25, 0.3) is 5.91 Å². The van der Waals surface area contributed by atoms with Gasteiger partial charge in [-0.25, -0.2) is 9.78 Å². The summed E-state index contributed by atoms with van der Waals surface area (Å²) in [5.74, 6) is -0.101. The van der Waals surface area contributed by atoms with Crippen LogP contribution >= 0.6 is 11.6 Å². The molecule has 1 rings (SSSR count). The minimum Gasteiger partial charge on any atom is -0.448 e. The maximum atomic E-state index is 11.5. The predicted molar refractivity (Wildman–Crippen MR) is 64.4 cm³/mol. The van der Waals surface area contributed by atoms with Crippen LogP contribution in [-0.4, -0.2) is 47.5 Å². The summed E-state index contributed by atoms with van der Waals surface area (Å²) in [5.41, 5.74) is 0.224. The monoisotopic (exact) mass is 272 g/mol. The number of nitrogens with zero attached hydrogens (tertiary/aromatic N) is 2. The van der Waals surface area contributed by atoms with Crippen molar-refractivity contribution in [3.05, 3.63) is 24.3 Å². The normalized spacial score (nSPS) is 9.61. The van der Waals surface area contributed by atoms with E-state index in [2.05, 4.69) is 25.3 Å². The number of amides is 2. The fraction of sp³-hybridized carbons (Fsp3) is 0.400. The number of nitrogens with one attached hydrogen (secondary N) is 2. The molecular formula is C10H13ClN4O3. The first-order chi connectivity index (χ1) is 8.74. The van der Waals surface area contributed by atoms with Crippen molar-refractivity contribution in [1.82, 2.24) is 20.6 Å². The zero-order chi connectivity index (χ0) is 13.2. The Morgan fingerprint density at radius 2 is 2.06 bits per heavy atom. The molecule has 1 heterocycles. The van der Waals surface area contributed by atoms with E-state index >= 15 is 0 Å². The number of carbonyl (C=O) groups excluding carboxylic acids is 2. The summed E-state index contributed by atoms with van der Waals surface area (Å²) in [4.78, 5) is 30.1. The number of hydrogen-bond acceptors (Lipinski definition) is 5. The standard InChI is InChI=1S/C10H13ClN4O3/c11-1-6-18-10(17)15-5-4-14-9(16)8-7-12-2-3-13-8/h2-3,7H,1,4-6H2,(H,14,16)(H,15,17). The fourth-order valence-electron chi connectivity index (χ4n) is 1.03. The molecule has 7 nitrogen and oxygen atoms in total. The minimum absolute atomic E-state index is 0.152. The molecule has 0 unspecified atom stereocenters. The van der Waals surface area contributed by atoms with E-state index in [0.29, 0.717) is 0 Å². The van der Waals surface area contributed by atoms with Gasteiger partial charge in [0, 0.05) is 25.5 Å². The van der Waals surface area contributed by atoms with Gasteiger partial charge in [0.2, 0.25) is 0 Å². The molecule has 0 saturated heterocycles. The molecule has 0 aromatic carbocycles. The van der Waals surface area contributed by atoms with Gasteiger partial charge in [-0.1, -0.05) is 0 Å². The lowest BCUT2D eigenvalue weighted by atomic mass is 10.4. The summed E-state index contributed by atoms with van der Waals surface area (Å²) >= 11 is 5.34. The molecule has 0 atom stereocenters. The van der Waals surface area contributed by atoms with Crippen molar-refractivity contribution in [3.8, 4) is 0 Å². The molecule has 8 heteroatoms. The summed E-state index contributed by atoms with van der Waals surface area (Å²) < 4.78 is 4.67. The summed E-state index contributed by atoms with van der Waals surface area (Å²) in [7, 11) is 0. The lowest BCUT2D eigenvalue weighted by molar-refractivity contribution is 0.0947. The van der Waals surface area contributed by atoms with Crippen molar-refractivity contribution in [2.75, 3.05) is 25.6 Å². The van der Waals surface area contributed by atoms with Crippen molar-refractivity contribution < 1.29 is 14.3 Å². The molecule has 2 N–H and O–H groups in total. The Kier molecular flexibility index (Phi) is 6.49. The minimum atomic E-state index is -0.565. The molecule has 18 heavy (non-hydrogen) atoms. The van der Waals surface area contributed by atoms with Crippen LogP contribution in [0.15, 0.2) is 18.6 Å². The van der Waals surface area contributed by atoms with Crippen LogP contribution in [0, 0.1) is 0 Å². The Morgan fingerprint density at radius 1 is 1.28 bits per heavy atom. The van der Waals surface area contributed by atoms with E-state index in [0.717, 1.165) is 0 Å². The van der Waals surface area contributed by atoms with Crippen LogP contribution in [-0.2, 0) is 4.74 Å². The van der Waals surface area contributed by atoms with E-state index in [1.54, 1.807) is 0 Å². The zero-order valence-corrected chi connectivity index (χ0v) is 10.3. The Labute approximate surface area is 109 Å². The number of halogens is 1. The first kappa shape index (κ1) is 14.2. The van der Waals surface area contributed by atoms with Crippen LogP contribution in [0.3, 0.4) is 0 Å². The summed E-state index contributed by atoms with van der Waals surface area (Å²) in [5, 5.41) is 5.03. The maximum absolute atomic E-state index is 11.5. The first-order valence-electron chi connectivity index (χ1n) is 5.25. The van der Waals surface area contributed by atoms with Crippen LogP contribution in [0.25, 0.3) is 0 Å². The van der Waals surface area contributed by atoms with Gasteiger partial charge in [-0.3, -0.25) is 9.78 Å². The largest absolute Gasteiger partial charge is 0.448 e. The van der Waals surface area contributed by atoms with E-state index < -0.39 is 6.09 Å². The summed E-state index contributed by atoms with van der Waals surface area (Å²) in [6.07, 6.45) is 3.70. The molecular weight excluding hydrogens is 260 g/mol. The number of alkyl halides is 1. The molecule has 98 valence electrons. The van der Waals surface area contributed by atoms with Crippen molar-refractivity contribution in [1.29, 1.82) is 0 Å². The molecule has 1 aromatic heterocycles. The quantitative estimate of drug-likeness (QED) is 0.569. The molecule has 0 fully saturated rings. The third-order valence-electron chi connectivity index (χ3n) is 1.79. The lowest BCUT2D eigenvalue weighted by Crippen LogP contribution is -2.35. The number of ether oxygens (including phenoxy) is 1. The fourth-order valence-corrected chi connectivity index (χ4v) is 1.11. The molecule has 0 spiro atoms. The van der Waals surface area contributed by atoms with Crippen LogP contribution in [0.2, 0.25) is 0 Å². The molecule has 0 aliphatic carbocycles. The second kappa shape index (κ2) is 8.24. The number of carbonyl (C=O) groups is 2. The van der Waals surface area contributed by atoms with E-state index in [4.69, 9.17) is 11.6 Å². The van der Waals surface area contributed by atoms with Gasteiger partial charge in [0.1, 0.15) is 12.3 Å². The van der Waals surface area contributed by atoms with Gasteiger partial charge >= 0.3 is 6.09 Å². The Balaban J connectivity index is 2.15. The van der Waals surface area contributed by atoms with E-state index in [1.165, 1.54) is 18.6 Å². The van der Waals surface area contributed by atoms with Gasteiger partial charge in [-0.15, -0.1) is 11.6 Å². The Morgan fingerprint density at radius 3 is 2.72 bits per heavy atom. The number of aromatic nitrogens is 2. The molecule has 1 aromatic rings. The van der Waals surface area contributed by atoms with Crippen LogP contribution < -0.4 is 10.6 Å². The third kappa shape index (κ3) is 5.44. The molecule has 0 radical (unpaired) electrons. The van der Waals surface area contributed by atoms with Crippen molar-refractivity contribution in [2.24, 2.45) is 0 Å². The van der Waals surface area contributed by atoms with Gasteiger partial charge in [-0.2, -0.15) is 0 Å². The summed E-state index contributed by atoms with van der Waals surface area (Å²) in [6, 6.07) is 0. The van der Waals surface area contributed by atoms with Crippen LogP contribution in [0.4, 0.5) is 4.79 Å². The predicted octanol–water partition coefficient (Wildman–Crippen LogP) is 0.171. The first-order valence-corrected chi connectivity index (χ1v) is 5.78. The molecule has 0 aliphatic heterocycles. The van der Waals surface area contributed by atoms with Gasteiger partial charge in [0.05, 0.1) is 12.1 Å². The smallest absolute Gasteiger partial charge is 0.407 e. The van der Waals surface area contributed by atoms with Crippen LogP contribution in [0.1, 0.15) is 10.5 Å². The highest BCUT2D eigenvalue weighted by Crippen LogP contribution is 1.88. The highest BCUT2D eigenvalue weighted by molar-refractivity contribution is 6.18. The van der Waals surface area contributed by atoms with E-state index in [-0.39, 0.29) is 37.2 Å². The molecule has 2 amide bonds. The van der Waals surface area contributed by atoms with Gasteiger partial charge < -0.3 is 15.4 Å². The van der Waals surface area contributed by atoms with Gasteiger partial charge in [0.15, 0.2) is 0 Å². The highest BCUT2D eigenvalue weighted by atomic mass is 35.5.